The van der Waals surface area contributed by atoms with E-state index in [1.54, 1.807) is 0 Å². The number of ether oxygens (including phenoxy) is 2. The van der Waals surface area contributed by atoms with Crippen LogP contribution in [0.5, 0.6) is 11.5 Å². The van der Waals surface area contributed by atoms with Crippen molar-refractivity contribution in [2.45, 2.75) is 37.7 Å². The van der Waals surface area contributed by atoms with Gasteiger partial charge >= 0.3 is 12.2 Å². The minimum Gasteiger partial charge on any atom is -0.421 e. The summed E-state index contributed by atoms with van der Waals surface area (Å²) in [4.78, 5) is 24.2. The highest BCUT2D eigenvalue weighted by Crippen LogP contribution is 2.47. The van der Waals surface area contributed by atoms with E-state index in [0.29, 0.717) is 5.57 Å². The molecular weight excluding hydrogens is 375 g/mol. The van der Waals surface area contributed by atoms with E-state index in [1.807, 2.05) is 0 Å². The molecule has 2 aliphatic rings. The molecule has 0 saturated carbocycles. The number of rotatable bonds is 5. The Labute approximate surface area is 150 Å². The Balaban J connectivity index is 1.67. The lowest BCUT2D eigenvalue weighted by atomic mass is 9.97. The third kappa shape index (κ3) is 3.86. The Morgan fingerprint density at radius 2 is 1.63 bits per heavy atom. The zero-order valence-electron chi connectivity index (χ0n) is 13.7. The first-order chi connectivity index (χ1) is 12.6. The molecule has 1 aliphatic heterocycles. The molecule has 0 spiro atoms. The topological polar surface area (TPSA) is 52.6 Å². The lowest BCUT2D eigenvalue weighted by Crippen LogP contribution is -2.52. The first-order valence-electron chi connectivity index (χ1n) is 7.95. The van der Waals surface area contributed by atoms with Crippen LogP contribution in [0.4, 0.5) is 22.0 Å². The molecule has 27 heavy (non-hydrogen) atoms. The van der Waals surface area contributed by atoms with E-state index in [4.69, 9.17) is 0 Å². The monoisotopic (exact) mass is 388 g/mol. The minimum atomic E-state index is -4.88. The van der Waals surface area contributed by atoms with Crippen molar-refractivity contribution in [1.82, 2.24) is 0 Å². The second-order valence-electron chi connectivity index (χ2n) is 6.02. The summed E-state index contributed by atoms with van der Waals surface area (Å²) in [5.41, 5.74) is 0.198. The average Bonchev–Trinajstić information content (AvgIpc) is 2.60. The van der Waals surface area contributed by atoms with Crippen LogP contribution in [0.3, 0.4) is 0 Å². The smallest absolute Gasteiger partial charge is 0.421 e. The highest BCUT2D eigenvalue weighted by atomic mass is 19.3. The number of benzene rings is 1. The van der Waals surface area contributed by atoms with E-state index in [9.17, 15) is 31.5 Å². The van der Waals surface area contributed by atoms with Crippen LogP contribution in [0, 0.1) is 0 Å². The van der Waals surface area contributed by atoms with Gasteiger partial charge in [-0.2, -0.15) is 17.6 Å². The number of hydrogen-bond acceptors (Lipinski definition) is 4. The lowest BCUT2D eigenvalue weighted by molar-refractivity contribution is -0.391. The van der Waals surface area contributed by atoms with Gasteiger partial charge < -0.3 is 9.47 Å². The Morgan fingerprint density at radius 3 is 2.26 bits per heavy atom. The van der Waals surface area contributed by atoms with Crippen molar-refractivity contribution in [3.05, 3.63) is 47.6 Å². The zero-order chi connectivity index (χ0) is 19.8. The molecule has 0 bridgehead atoms. The molecule has 1 aliphatic carbocycles. The number of alkyl halides is 5. The molecule has 0 N–H and O–H groups in total. The molecule has 1 aromatic rings. The van der Waals surface area contributed by atoms with Gasteiger partial charge in [-0.1, -0.05) is 12.2 Å². The summed E-state index contributed by atoms with van der Waals surface area (Å²) in [7, 11) is 0. The molecule has 0 radical (unpaired) electrons. The van der Waals surface area contributed by atoms with Crippen molar-refractivity contribution in [2.24, 2.45) is 0 Å². The van der Waals surface area contributed by atoms with Crippen LogP contribution >= 0.6 is 0 Å². The third-order valence-corrected chi connectivity index (χ3v) is 4.03. The summed E-state index contributed by atoms with van der Waals surface area (Å²) in [6.45, 7) is 0. The number of hydrogen-bond donors (Lipinski definition) is 0. The van der Waals surface area contributed by atoms with Crippen molar-refractivity contribution < 1.29 is 41.0 Å². The second kappa shape index (κ2) is 6.79. The molecule has 9 heteroatoms. The second-order valence-corrected chi connectivity index (χ2v) is 6.02. The summed E-state index contributed by atoms with van der Waals surface area (Å²) in [5.74, 6) is -2.26. The molecule has 144 valence electrons. The zero-order valence-corrected chi connectivity index (χ0v) is 13.7. The highest BCUT2D eigenvalue weighted by Gasteiger charge is 2.65. The van der Waals surface area contributed by atoms with Gasteiger partial charge in [0, 0.05) is 30.4 Å². The first-order valence-corrected chi connectivity index (χ1v) is 7.95. The van der Waals surface area contributed by atoms with Gasteiger partial charge in [0.1, 0.15) is 6.17 Å². The normalized spacial score (nSPS) is 22.1. The Bertz CT molecular complexity index is 844. The summed E-state index contributed by atoms with van der Waals surface area (Å²) >= 11 is 0. The fourth-order valence-electron chi connectivity index (χ4n) is 2.56. The van der Waals surface area contributed by atoms with Crippen molar-refractivity contribution in [3.63, 3.8) is 0 Å². The maximum atomic E-state index is 13.2. The average molecular weight is 388 g/mol. The summed E-state index contributed by atoms with van der Waals surface area (Å²) < 4.78 is 73.5. The number of halogens is 5. The van der Waals surface area contributed by atoms with E-state index < -0.39 is 35.7 Å². The lowest BCUT2D eigenvalue weighted by Gasteiger charge is -2.31. The van der Waals surface area contributed by atoms with Crippen LogP contribution in [0.25, 0.3) is 0 Å². The van der Waals surface area contributed by atoms with E-state index in [-0.39, 0.29) is 30.6 Å². The Morgan fingerprint density at radius 1 is 1.00 bits per heavy atom. The standard InChI is InChI=1S/C18H13F5O4/c19-12-4-1-10(2-5-12)13(24)6-7-14(25)11-3-8-15-16(9-11)27-18(22,23)17(20,21)26-15/h1-4,8-9,12H,5-7H2. The van der Waals surface area contributed by atoms with Crippen molar-refractivity contribution in [1.29, 1.82) is 0 Å². The predicted octanol–water partition coefficient (Wildman–Crippen LogP) is 4.40. The van der Waals surface area contributed by atoms with E-state index in [2.05, 4.69) is 9.47 Å². The molecule has 4 nitrogen and oxygen atoms in total. The van der Waals surface area contributed by atoms with E-state index in [1.165, 1.54) is 18.2 Å². The number of carbonyl (C=O) groups is 2. The molecule has 0 fully saturated rings. The van der Waals surface area contributed by atoms with Gasteiger partial charge in [0.15, 0.2) is 23.1 Å². The quantitative estimate of drug-likeness (QED) is 0.554. The molecular formula is C18H13F5O4. The van der Waals surface area contributed by atoms with Crippen LogP contribution in [0.2, 0.25) is 0 Å². The molecule has 0 amide bonds. The largest absolute Gasteiger partial charge is 0.507 e. The summed E-state index contributed by atoms with van der Waals surface area (Å²) in [5, 5.41) is 0. The van der Waals surface area contributed by atoms with Crippen molar-refractivity contribution >= 4 is 11.6 Å². The van der Waals surface area contributed by atoms with Gasteiger partial charge in [-0.25, -0.2) is 4.39 Å². The van der Waals surface area contributed by atoms with Gasteiger partial charge in [-0.3, -0.25) is 9.59 Å². The SMILES string of the molecule is O=C(CCC(=O)c1ccc2c(c1)OC(F)(F)C(F)(F)O2)C1=CCC(F)C=C1. The number of Topliss-reactive ketones (excluding diaryl/α,β-unsaturated/α-hetero) is 2. The van der Waals surface area contributed by atoms with E-state index >= 15 is 0 Å². The molecule has 1 unspecified atom stereocenters. The number of allylic oxidation sites excluding steroid dienone is 4. The van der Waals surface area contributed by atoms with Gasteiger partial charge in [-0.15, -0.1) is 0 Å². The number of carbonyl (C=O) groups excluding carboxylic acids is 2. The fourth-order valence-corrected chi connectivity index (χ4v) is 2.56. The maximum absolute atomic E-state index is 13.2. The molecule has 1 heterocycles. The van der Waals surface area contributed by atoms with Crippen LogP contribution in [-0.2, 0) is 4.79 Å². The van der Waals surface area contributed by atoms with Gasteiger partial charge in [0.25, 0.3) is 0 Å². The third-order valence-electron chi connectivity index (χ3n) is 4.03. The molecule has 0 saturated heterocycles. The first kappa shape index (κ1) is 19.1. The van der Waals surface area contributed by atoms with Crippen LogP contribution in [0.1, 0.15) is 29.6 Å². The van der Waals surface area contributed by atoms with Crippen LogP contribution in [-0.4, -0.2) is 30.0 Å². The van der Waals surface area contributed by atoms with Crippen LogP contribution in [0.15, 0.2) is 42.0 Å². The fraction of sp³-hybridized carbons (Fsp3) is 0.333. The Hall–Kier alpha value is -2.71. The van der Waals surface area contributed by atoms with Gasteiger partial charge in [0.05, 0.1) is 0 Å². The highest BCUT2D eigenvalue weighted by molar-refractivity contribution is 6.03. The Kier molecular flexibility index (Phi) is 4.79. The maximum Gasteiger partial charge on any atom is 0.507 e. The van der Waals surface area contributed by atoms with Gasteiger partial charge in [-0.05, 0) is 24.3 Å². The van der Waals surface area contributed by atoms with Gasteiger partial charge in [0.2, 0.25) is 0 Å². The van der Waals surface area contributed by atoms with E-state index in [0.717, 1.165) is 18.2 Å². The van der Waals surface area contributed by atoms with Crippen molar-refractivity contribution in [2.75, 3.05) is 0 Å². The summed E-state index contributed by atoms with van der Waals surface area (Å²) in [6.07, 6.45) is -7.19. The number of ketones is 2. The molecule has 1 aromatic carbocycles. The molecule has 0 aromatic heterocycles. The molecule has 1 atom stereocenters. The summed E-state index contributed by atoms with van der Waals surface area (Å²) in [6, 6.07) is 2.89. The minimum absolute atomic E-state index is 0.0759. The predicted molar refractivity (Wildman–Crippen MR) is 82.9 cm³/mol. The van der Waals surface area contributed by atoms with Crippen LogP contribution < -0.4 is 9.47 Å². The van der Waals surface area contributed by atoms with Crippen molar-refractivity contribution in [3.8, 4) is 11.5 Å². The number of fused-ring (bicyclic) bond motifs is 1. The molecule has 3 rings (SSSR count).